The van der Waals surface area contributed by atoms with E-state index in [1.165, 1.54) is 0 Å². The van der Waals surface area contributed by atoms with E-state index in [0.717, 1.165) is 0 Å². The van der Waals surface area contributed by atoms with Gasteiger partial charge in [-0.05, 0) is 41.1 Å². The lowest BCUT2D eigenvalue weighted by molar-refractivity contribution is 0.0988. The summed E-state index contributed by atoms with van der Waals surface area (Å²) in [6.07, 6.45) is 0. The van der Waals surface area contributed by atoms with Gasteiger partial charge in [0.15, 0.2) is 0 Å². The van der Waals surface area contributed by atoms with Gasteiger partial charge >= 0.3 is 0 Å². The van der Waals surface area contributed by atoms with Crippen LogP contribution in [-0.4, -0.2) is 11.1 Å². The van der Waals surface area contributed by atoms with Crippen molar-refractivity contribution in [2.75, 3.05) is 5.32 Å². The Morgan fingerprint density at radius 2 is 2.24 bits per heavy atom. The summed E-state index contributed by atoms with van der Waals surface area (Å²) < 4.78 is 5.56. The van der Waals surface area contributed by atoms with Crippen LogP contribution in [0.1, 0.15) is 16.2 Å². The molecule has 0 aliphatic carbocycles. The average molecular weight is 316 g/mol. The van der Waals surface area contributed by atoms with Crippen molar-refractivity contribution in [2.45, 2.75) is 6.92 Å². The standard InChI is InChI=1S/C11H8BrClN2O2/c1-6-4-10(17-15-6)11(16)14-9-3-2-7(13)5-8(9)12/h2-5H,1H3,(H,14,16). The highest BCUT2D eigenvalue weighted by Gasteiger charge is 2.13. The van der Waals surface area contributed by atoms with Crippen molar-refractivity contribution in [3.8, 4) is 0 Å². The summed E-state index contributed by atoms with van der Waals surface area (Å²) in [6, 6.07) is 6.66. The number of anilines is 1. The first kappa shape index (κ1) is 12.1. The van der Waals surface area contributed by atoms with Gasteiger partial charge in [-0.15, -0.1) is 0 Å². The fourth-order valence-electron chi connectivity index (χ4n) is 1.25. The molecule has 2 aromatic rings. The van der Waals surface area contributed by atoms with Crippen LogP contribution in [0.3, 0.4) is 0 Å². The van der Waals surface area contributed by atoms with Crippen molar-refractivity contribution in [2.24, 2.45) is 0 Å². The molecule has 1 heterocycles. The molecule has 2 rings (SSSR count). The largest absolute Gasteiger partial charge is 0.351 e. The van der Waals surface area contributed by atoms with Gasteiger partial charge in [-0.1, -0.05) is 16.8 Å². The predicted octanol–water partition coefficient (Wildman–Crippen LogP) is 3.65. The molecular formula is C11H8BrClN2O2. The molecule has 0 aliphatic heterocycles. The van der Waals surface area contributed by atoms with Crippen LogP contribution in [0.25, 0.3) is 0 Å². The smallest absolute Gasteiger partial charge is 0.294 e. The van der Waals surface area contributed by atoms with Crippen LogP contribution in [0.2, 0.25) is 5.02 Å². The third-order valence-corrected chi connectivity index (χ3v) is 2.92. The Bertz CT molecular complexity index is 568. The van der Waals surface area contributed by atoms with Crippen molar-refractivity contribution in [3.63, 3.8) is 0 Å². The summed E-state index contributed by atoms with van der Waals surface area (Å²) in [4.78, 5) is 11.8. The van der Waals surface area contributed by atoms with Crippen molar-refractivity contribution >= 4 is 39.1 Å². The monoisotopic (exact) mass is 314 g/mol. The number of rotatable bonds is 2. The van der Waals surface area contributed by atoms with Gasteiger partial charge in [-0.25, -0.2) is 0 Å². The number of hydrogen-bond donors (Lipinski definition) is 1. The summed E-state index contributed by atoms with van der Waals surface area (Å²) in [7, 11) is 0. The zero-order valence-electron chi connectivity index (χ0n) is 8.83. The van der Waals surface area contributed by atoms with Crippen LogP contribution in [0, 0.1) is 6.92 Å². The molecule has 1 amide bonds. The Kier molecular flexibility index (Phi) is 3.49. The summed E-state index contributed by atoms with van der Waals surface area (Å²) in [5.74, 6) is -0.182. The lowest BCUT2D eigenvalue weighted by atomic mass is 10.3. The van der Waals surface area contributed by atoms with Gasteiger partial charge in [-0.2, -0.15) is 0 Å². The first-order chi connectivity index (χ1) is 8.06. The molecular weight excluding hydrogens is 307 g/mol. The number of aromatic nitrogens is 1. The van der Waals surface area contributed by atoms with Gasteiger partial charge in [0.05, 0.1) is 11.4 Å². The first-order valence-corrected chi connectivity index (χ1v) is 5.93. The summed E-state index contributed by atoms with van der Waals surface area (Å²) in [6.45, 7) is 1.75. The number of carbonyl (C=O) groups is 1. The number of aryl methyl sites for hydroxylation is 1. The normalized spacial score (nSPS) is 10.3. The molecule has 1 aromatic heterocycles. The van der Waals surface area contributed by atoms with Crippen LogP contribution in [0.15, 0.2) is 33.3 Å². The molecule has 0 spiro atoms. The zero-order chi connectivity index (χ0) is 12.4. The van der Waals surface area contributed by atoms with Gasteiger partial charge in [0.25, 0.3) is 5.91 Å². The Balaban J connectivity index is 2.18. The lowest BCUT2D eigenvalue weighted by Crippen LogP contribution is -2.11. The molecule has 0 bridgehead atoms. The molecule has 17 heavy (non-hydrogen) atoms. The van der Waals surface area contributed by atoms with Crippen LogP contribution in [-0.2, 0) is 0 Å². The van der Waals surface area contributed by atoms with Crippen LogP contribution in [0.4, 0.5) is 5.69 Å². The lowest BCUT2D eigenvalue weighted by Gasteiger charge is -2.05. The van der Waals surface area contributed by atoms with Crippen LogP contribution >= 0.6 is 27.5 Å². The van der Waals surface area contributed by atoms with Gasteiger partial charge in [0.1, 0.15) is 0 Å². The van der Waals surface area contributed by atoms with E-state index in [0.29, 0.717) is 20.9 Å². The highest BCUT2D eigenvalue weighted by atomic mass is 79.9. The molecule has 0 radical (unpaired) electrons. The number of nitrogens with zero attached hydrogens (tertiary/aromatic N) is 1. The molecule has 1 N–H and O–H groups in total. The van der Waals surface area contributed by atoms with E-state index in [1.807, 2.05) is 0 Å². The van der Waals surface area contributed by atoms with Gasteiger partial charge < -0.3 is 9.84 Å². The highest BCUT2D eigenvalue weighted by Crippen LogP contribution is 2.26. The highest BCUT2D eigenvalue weighted by molar-refractivity contribution is 9.10. The molecule has 0 aliphatic rings. The second kappa shape index (κ2) is 4.89. The first-order valence-electron chi connectivity index (χ1n) is 4.76. The van der Waals surface area contributed by atoms with E-state index in [9.17, 15) is 4.79 Å². The molecule has 0 saturated heterocycles. The minimum atomic E-state index is -0.353. The third kappa shape index (κ3) is 2.87. The van der Waals surface area contributed by atoms with E-state index in [2.05, 4.69) is 26.4 Å². The summed E-state index contributed by atoms with van der Waals surface area (Å²) in [5, 5.41) is 6.92. The van der Waals surface area contributed by atoms with Crippen LogP contribution in [0.5, 0.6) is 0 Å². The van der Waals surface area contributed by atoms with E-state index < -0.39 is 0 Å². The summed E-state index contributed by atoms with van der Waals surface area (Å²) in [5.41, 5.74) is 1.28. The maximum absolute atomic E-state index is 11.8. The molecule has 0 atom stereocenters. The van der Waals surface area contributed by atoms with Gasteiger partial charge in [-0.3, -0.25) is 4.79 Å². The number of carbonyl (C=O) groups excluding carboxylic acids is 1. The Labute approximate surface area is 111 Å². The van der Waals surface area contributed by atoms with Crippen molar-refractivity contribution < 1.29 is 9.32 Å². The predicted molar refractivity (Wildman–Crippen MR) is 68.3 cm³/mol. The van der Waals surface area contributed by atoms with E-state index in [1.54, 1.807) is 31.2 Å². The Morgan fingerprint density at radius 1 is 1.47 bits per heavy atom. The molecule has 88 valence electrons. The summed E-state index contributed by atoms with van der Waals surface area (Å²) >= 11 is 9.11. The Hall–Kier alpha value is -1.33. The van der Waals surface area contributed by atoms with Crippen molar-refractivity contribution in [1.29, 1.82) is 0 Å². The fourth-order valence-corrected chi connectivity index (χ4v) is 2.03. The number of halogens is 2. The number of amides is 1. The van der Waals surface area contributed by atoms with Gasteiger partial charge in [0.2, 0.25) is 5.76 Å². The number of nitrogens with one attached hydrogen (secondary N) is 1. The van der Waals surface area contributed by atoms with E-state index >= 15 is 0 Å². The average Bonchev–Trinajstić information content (AvgIpc) is 2.69. The van der Waals surface area contributed by atoms with E-state index in [-0.39, 0.29) is 11.7 Å². The second-order valence-electron chi connectivity index (χ2n) is 3.41. The van der Waals surface area contributed by atoms with Crippen molar-refractivity contribution in [3.05, 3.63) is 45.2 Å². The van der Waals surface area contributed by atoms with Gasteiger partial charge in [0, 0.05) is 15.6 Å². The topological polar surface area (TPSA) is 55.1 Å². The molecule has 0 unspecified atom stereocenters. The zero-order valence-corrected chi connectivity index (χ0v) is 11.2. The molecule has 0 fully saturated rings. The number of benzene rings is 1. The van der Waals surface area contributed by atoms with Crippen molar-refractivity contribution in [1.82, 2.24) is 5.16 Å². The number of hydrogen-bond acceptors (Lipinski definition) is 3. The molecule has 1 aromatic carbocycles. The maximum atomic E-state index is 11.8. The fraction of sp³-hybridized carbons (Fsp3) is 0.0909. The molecule has 6 heteroatoms. The van der Waals surface area contributed by atoms with Crippen LogP contribution < -0.4 is 5.32 Å². The second-order valence-corrected chi connectivity index (χ2v) is 4.70. The SMILES string of the molecule is Cc1cc(C(=O)Nc2ccc(Cl)cc2Br)on1. The minimum Gasteiger partial charge on any atom is -0.351 e. The van der Waals surface area contributed by atoms with E-state index in [4.69, 9.17) is 16.1 Å². The minimum absolute atomic E-state index is 0.171. The molecule has 0 saturated carbocycles. The molecule has 4 nitrogen and oxygen atoms in total. The third-order valence-electron chi connectivity index (χ3n) is 2.03. The maximum Gasteiger partial charge on any atom is 0.294 e. The Morgan fingerprint density at radius 3 is 2.82 bits per heavy atom. The quantitative estimate of drug-likeness (QED) is 0.920.